The number of nitrogens with one attached hydrogen (secondary N) is 1. The molecule has 8 nitrogen and oxygen atoms in total. The van der Waals surface area contributed by atoms with Gasteiger partial charge in [-0.2, -0.15) is 4.31 Å². The lowest BCUT2D eigenvalue weighted by Gasteiger charge is -2.16. The van der Waals surface area contributed by atoms with Crippen LogP contribution in [-0.4, -0.2) is 47.7 Å². The van der Waals surface area contributed by atoms with E-state index in [1.54, 1.807) is 42.5 Å². The third-order valence-electron chi connectivity index (χ3n) is 4.94. The molecule has 1 aromatic heterocycles. The molecule has 10 heteroatoms. The second-order valence-corrected chi connectivity index (χ2v) is 10.0. The van der Waals surface area contributed by atoms with E-state index in [9.17, 15) is 13.2 Å². The first-order valence-corrected chi connectivity index (χ1v) is 12.5. The molecule has 0 spiro atoms. The normalized spacial score (nSPS) is 14.4. The minimum Gasteiger partial charge on any atom is -0.411 e. The van der Waals surface area contributed by atoms with Crippen LogP contribution in [0.3, 0.4) is 0 Å². The number of anilines is 1. The van der Waals surface area contributed by atoms with Gasteiger partial charge in [0.1, 0.15) is 0 Å². The van der Waals surface area contributed by atoms with Gasteiger partial charge in [-0.1, -0.05) is 36.0 Å². The molecular weight excluding hydrogens is 448 g/mol. The molecule has 1 saturated heterocycles. The third-order valence-corrected chi connectivity index (χ3v) is 7.64. The summed E-state index contributed by atoms with van der Waals surface area (Å²) in [4.78, 5) is 13.1. The Balaban J connectivity index is 1.56. The largest absolute Gasteiger partial charge is 0.411 e. The van der Waals surface area contributed by atoms with E-state index in [0.717, 1.165) is 12.8 Å². The van der Waals surface area contributed by atoms with Crippen molar-refractivity contribution >= 4 is 33.4 Å². The van der Waals surface area contributed by atoms with Gasteiger partial charge >= 0.3 is 0 Å². The predicted molar refractivity (Wildman–Crippen MR) is 123 cm³/mol. The topological polar surface area (TPSA) is 105 Å². The highest BCUT2D eigenvalue weighted by Gasteiger charge is 2.27. The molecule has 0 bridgehead atoms. The van der Waals surface area contributed by atoms with Crippen molar-refractivity contribution in [2.75, 3.05) is 24.2 Å². The average molecular weight is 471 g/mol. The Morgan fingerprint density at radius 1 is 1.16 bits per heavy atom. The maximum atomic E-state index is 12.9. The van der Waals surface area contributed by atoms with Crippen LogP contribution in [0.4, 0.5) is 5.69 Å². The van der Waals surface area contributed by atoms with Gasteiger partial charge in [-0.3, -0.25) is 4.79 Å². The lowest BCUT2D eigenvalue weighted by molar-refractivity contribution is 0.102. The number of rotatable bonds is 8. The summed E-state index contributed by atoms with van der Waals surface area (Å²) in [7, 11) is -3.61. The fourth-order valence-corrected chi connectivity index (χ4v) is 5.42. The lowest BCUT2D eigenvalue weighted by Crippen LogP contribution is -2.28. The molecule has 3 aromatic rings. The van der Waals surface area contributed by atoms with Crippen LogP contribution in [0, 0.1) is 0 Å². The van der Waals surface area contributed by atoms with Crippen molar-refractivity contribution in [3.63, 3.8) is 0 Å². The van der Waals surface area contributed by atoms with Gasteiger partial charge in [0.25, 0.3) is 17.0 Å². The maximum absolute atomic E-state index is 12.9. The van der Waals surface area contributed by atoms with Crippen LogP contribution < -0.4 is 5.32 Å². The summed E-state index contributed by atoms with van der Waals surface area (Å²) in [5, 5.41) is 11.3. The lowest BCUT2D eigenvalue weighted by atomic mass is 10.1. The minimum atomic E-state index is -3.61. The molecule has 1 N–H and O–H groups in total. The van der Waals surface area contributed by atoms with Crippen molar-refractivity contribution in [1.82, 2.24) is 14.5 Å². The molecule has 0 aliphatic carbocycles. The number of sulfonamides is 1. The van der Waals surface area contributed by atoms with E-state index in [1.807, 2.05) is 0 Å². The molecule has 2 aromatic carbocycles. The third kappa shape index (κ3) is 4.77. The zero-order valence-electron chi connectivity index (χ0n) is 17.2. The number of benzene rings is 2. The fraction of sp³-hybridized carbons (Fsp3) is 0.227. The number of carbonyl (C=O) groups is 1. The van der Waals surface area contributed by atoms with Gasteiger partial charge in [0, 0.05) is 24.4 Å². The van der Waals surface area contributed by atoms with Crippen molar-refractivity contribution in [2.45, 2.75) is 23.0 Å². The number of para-hydroxylation sites is 1. The fourth-order valence-electron chi connectivity index (χ4n) is 3.36. The summed E-state index contributed by atoms with van der Waals surface area (Å²) < 4.78 is 32.8. The molecule has 4 rings (SSSR count). The Labute approximate surface area is 190 Å². The summed E-state index contributed by atoms with van der Waals surface area (Å²) >= 11 is 1.36. The van der Waals surface area contributed by atoms with Crippen LogP contribution in [-0.2, 0) is 10.0 Å². The van der Waals surface area contributed by atoms with Crippen LogP contribution in [0.15, 0.2) is 75.7 Å². The number of carbonyl (C=O) groups excluding carboxylic acids is 1. The van der Waals surface area contributed by atoms with Gasteiger partial charge in [-0.25, -0.2) is 8.42 Å². The summed E-state index contributed by atoms with van der Waals surface area (Å²) in [6, 6.07) is 13.1. The Morgan fingerprint density at radius 2 is 1.94 bits per heavy atom. The second kappa shape index (κ2) is 9.68. The van der Waals surface area contributed by atoms with Crippen LogP contribution in [0.5, 0.6) is 0 Å². The summed E-state index contributed by atoms with van der Waals surface area (Å²) in [5.41, 5.74) is 1.29. The maximum Gasteiger partial charge on any atom is 0.277 e. The van der Waals surface area contributed by atoms with Crippen LogP contribution in [0.2, 0.25) is 0 Å². The van der Waals surface area contributed by atoms with Gasteiger partial charge in [-0.15, -0.1) is 16.8 Å². The molecular formula is C22H22N4O4S2. The zero-order valence-corrected chi connectivity index (χ0v) is 18.9. The minimum absolute atomic E-state index is 0.112. The first kappa shape index (κ1) is 22.3. The smallest absolute Gasteiger partial charge is 0.277 e. The molecule has 1 amide bonds. The number of nitrogens with zero attached hydrogens (tertiary/aromatic N) is 3. The highest BCUT2D eigenvalue weighted by Crippen LogP contribution is 2.30. The van der Waals surface area contributed by atoms with E-state index in [0.29, 0.717) is 35.3 Å². The molecule has 0 radical (unpaired) electrons. The number of thioether (sulfide) groups is 1. The number of hydrogen-bond acceptors (Lipinski definition) is 7. The summed E-state index contributed by atoms with van der Waals surface area (Å²) in [5.74, 6) is 0.478. The molecule has 0 unspecified atom stereocenters. The molecule has 32 heavy (non-hydrogen) atoms. The first-order valence-electron chi connectivity index (χ1n) is 10.1. The van der Waals surface area contributed by atoms with Gasteiger partial charge < -0.3 is 9.73 Å². The van der Waals surface area contributed by atoms with Gasteiger partial charge in [0.05, 0.1) is 16.1 Å². The van der Waals surface area contributed by atoms with E-state index >= 15 is 0 Å². The van der Waals surface area contributed by atoms with Crippen molar-refractivity contribution in [3.05, 3.63) is 66.7 Å². The van der Waals surface area contributed by atoms with E-state index in [2.05, 4.69) is 22.1 Å². The number of hydrogen-bond donors (Lipinski definition) is 1. The summed E-state index contributed by atoms with van der Waals surface area (Å²) in [6.07, 6.45) is 3.43. The van der Waals surface area contributed by atoms with E-state index < -0.39 is 15.9 Å². The molecule has 1 fully saturated rings. The van der Waals surface area contributed by atoms with Gasteiger partial charge in [0.2, 0.25) is 10.0 Å². The van der Waals surface area contributed by atoms with Crippen LogP contribution in [0.25, 0.3) is 11.5 Å². The van der Waals surface area contributed by atoms with E-state index in [1.165, 1.54) is 28.2 Å². The standard InChI is InChI=1S/C22H22N4O4S2/c1-2-14-31-22-25-24-21(30-22)18-10-3-4-11-19(18)23-20(27)16-8-7-9-17(15-16)32(28,29)26-12-5-6-13-26/h2-4,7-11,15H,1,5-6,12-14H2,(H,23,27). The van der Waals surface area contributed by atoms with Crippen molar-refractivity contribution in [2.24, 2.45) is 0 Å². The first-order chi connectivity index (χ1) is 15.5. The Morgan fingerprint density at radius 3 is 2.72 bits per heavy atom. The Kier molecular flexibility index (Phi) is 6.73. The van der Waals surface area contributed by atoms with Crippen LogP contribution in [0.1, 0.15) is 23.2 Å². The average Bonchev–Trinajstić information content (AvgIpc) is 3.51. The number of amides is 1. The molecule has 2 heterocycles. The Hall–Kier alpha value is -2.95. The van der Waals surface area contributed by atoms with Gasteiger partial charge in [-0.05, 0) is 43.2 Å². The predicted octanol–water partition coefficient (Wildman–Crippen LogP) is 4.05. The molecule has 1 aliphatic rings. The van der Waals surface area contributed by atoms with Crippen LogP contribution >= 0.6 is 11.8 Å². The Bertz CT molecular complexity index is 1230. The zero-order chi connectivity index (χ0) is 22.6. The molecule has 0 saturated carbocycles. The van der Waals surface area contributed by atoms with E-state index in [-0.39, 0.29) is 16.3 Å². The van der Waals surface area contributed by atoms with E-state index in [4.69, 9.17) is 4.42 Å². The molecule has 1 aliphatic heterocycles. The van der Waals surface area contributed by atoms with Gasteiger partial charge in [0.15, 0.2) is 0 Å². The quantitative estimate of drug-likeness (QED) is 0.391. The number of aromatic nitrogens is 2. The van der Waals surface area contributed by atoms with Crippen molar-refractivity contribution < 1.29 is 17.6 Å². The monoisotopic (exact) mass is 470 g/mol. The van der Waals surface area contributed by atoms with Crippen molar-refractivity contribution in [3.8, 4) is 11.5 Å². The molecule has 0 atom stereocenters. The highest BCUT2D eigenvalue weighted by molar-refractivity contribution is 7.99. The summed E-state index contributed by atoms with van der Waals surface area (Å²) in [6.45, 7) is 4.67. The second-order valence-electron chi connectivity index (χ2n) is 7.11. The SMILES string of the molecule is C=CCSc1nnc(-c2ccccc2NC(=O)c2cccc(S(=O)(=O)N3CCCC3)c2)o1. The highest BCUT2D eigenvalue weighted by atomic mass is 32.2. The molecule has 166 valence electrons. The van der Waals surface area contributed by atoms with Crippen molar-refractivity contribution in [1.29, 1.82) is 0 Å².